The van der Waals surface area contributed by atoms with Crippen molar-refractivity contribution >= 4 is 71.0 Å². The molecule has 0 saturated heterocycles. The summed E-state index contributed by atoms with van der Waals surface area (Å²) in [5.41, 5.74) is 11.2. The van der Waals surface area contributed by atoms with Crippen LogP contribution in [0.25, 0.3) is 53.2 Å². The van der Waals surface area contributed by atoms with Crippen LogP contribution >= 0.6 is 11.3 Å². The number of benzene rings is 9. The SMILES string of the molecule is c1ccc(-c2ccc(N(c3cccc(-c4ccccc4)c3)c3ccc4c(c3)sc3cccc(C5=NC(c6cccc7ccccc67)=NC(c6ccccc6)N5)c34)cc2)cc1. The summed E-state index contributed by atoms with van der Waals surface area (Å²) in [4.78, 5) is 12.9. The van der Waals surface area contributed by atoms with E-state index in [1.54, 1.807) is 0 Å². The van der Waals surface area contributed by atoms with Crippen molar-refractivity contribution in [3.05, 3.63) is 235 Å². The lowest BCUT2D eigenvalue weighted by atomic mass is 10.0. The quantitative estimate of drug-likeness (QED) is 0.167. The van der Waals surface area contributed by atoms with Crippen molar-refractivity contribution in [2.75, 3.05) is 4.90 Å². The highest BCUT2D eigenvalue weighted by molar-refractivity contribution is 7.26. The molecule has 0 amide bonds. The van der Waals surface area contributed by atoms with E-state index in [2.05, 4.69) is 223 Å². The lowest BCUT2D eigenvalue weighted by Gasteiger charge is -2.26. The van der Waals surface area contributed by atoms with Gasteiger partial charge >= 0.3 is 0 Å². The van der Waals surface area contributed by atoms with Crippen LogP contribution in [0.4, 0.5) is 17.1 Å². The molecule has 0 radical (unpaired) electrons. The van der Waals surface area contributed by atoms with E-state index >= 15 is 0 Å². The number of anilines is 3. The second kappa shape index (κ2) is 15.3. The molecule has 0 spiro atoms. The Hall–Kier alpha value is -7.60. The van der Waals surface area contributed by atoms with Crippen molar-refractivity contribution in [3.8, 4) is 22.3 Å². The largest absolute Gasteiger partial charge is 0.344 e. The molecule has 5 heteroatoms. The molecule has 1 aliphatic heterocycles. The number of hydrogen-bond donors (Lipinski definition) is 1. The van der Waals surface area contributed by atoms with Crippen molar-refractivity contribution in [1.82, 2.24) is 5.32 Å². The van der Waals surface area contributed by atoms with Crippen LogP contribution in [0.1, 0.15) is 22.9 Å². The van der Waals surface area contributed by atoms with Crippen LogP contribution in [0.15, 0.2) is 228 Å². The molecule has 1 aromatic heterocycles. The Balaban J connectivity index is 1.04. The van der Waals surface area contributed by atoms with Gasteiger partial charge in [-0.3, -0.25) is 0 Å². The third-order valence-electron chi connectivity index (χ3n) is 11.3. The number of aliphatic imine (C=N–C) groups is 2. The highest BCUT2D eigenvalue weighted by atomic mass is 32.1. The highest BCUT2D eigenvalue weighted by Gasteiger charge is 2.24. The summed E-state index contributed by atoms with van der Waals surface area (Å²) in [5.74, 6) is 1.54. The molecule has 0 saturated carbocycles. The lowest BCUT2D eigenvalue weighted by molar-refractivity contribution is 0.675. The second-order valence-corrected chi connectivity index (χ2v) is 16.1. The maximum atomic E-state index is 5.32. The number of nitrogens with one attached hydrogen (secondary N) is 1. The van der Waals surface area contributed by atoms with Gasteiger partial charge in [0.05, 0.1) is 0 Å². The summed E-state index contributed by atoms with van der Waals surface area (Å²) < 4.78 is 2.42. The topological polar surface area (TPSA) is 40.0 Å². The number of hydrogen-bond acceptors (Lipinski definition) is 5. The number of thiophene rings is 1. The molecule has 0 bridgehead atoms. The van der Waals surface area contributed by atoms with E-state index in [4.69, 9.17) is 9.98 Å². The van der Waals surface area contributed by atoms with E-state index in [1.807, 2.05) is 17.4 Å². The van der Waals surface area contributed by atoms with Gasteiger partial charge in [0.15, 0.2) is 5.84 Å². The van der Waals surface area contributed by atoms with E-state index in [0.29, 0.717) is 0 Å². The molecule has 10 aromatic rings. The van der Waals surface area contributed by atoms with Crippen molar-refractivity contribution < 1.29 is 0 Å². The minimum Gasteiger partial charge on any atom is -0.344 e. The van der Waals surface area contributed by atoms with Crippen LogP contribution in [0, 0.1) is 0 Å². The van der Waals surface area contributed by atoms with Crippen LogP contribution in [0.3, 0.4) is 0 Å². The zero-order valence-electron chi connectivity index (χ0n) is 32.6. The maximum Gasteiger partial charge on any atom is 0.160 e. The van der Waals surface area contributed by atoms with E-state index in [0.717, 1.165) is 50.8 Å². The Labute approximate surface area is 353 Å². The second-order valence-electron chi connectivity index (χ2n) is 15.0. The fourth-order valence-corrected chi connectivity index (χ4v) is 9.58. The Morgan fingerprint density at radius 2 is 1.03 bits per heavy atom. The highest BCUT2D eigenvalue weighted by Crippen LogP contribution is 2.43. The summed E-state index contributed by atoms with van der Waals surface area (Å²) in [7, 11) is 0. The summed E-state index contributed by atoms with van der Waals surface area (Å²) in [6.07, 6.45) is -0.298. The van der Waals surface area contributed by atoms with Gasteiger partial charge in [0.25, 0.3) is 0 Å². The summed E-state index contributed by atoms with van der Waals surface area (Å²) in [5, 5.41) is 8.43. The molecular weight excluding hydrogens is 749 g/mol. The summed E-state index contributed by atoms with van der Waals surface area (Å²) >= 11 is 1.82. The molecule has 0 fully saturated rings. The first kappa shape index (κ1) is 35.6. The standard InChI is InChI=1S/C55H38N4S/c1-4-15-37(16-5-1)39-29-31-43(32-30-39)59(44-24-12-23-42(35-44)38-17-6-2-7-18-38)45-33-34-48-51(36-45)60-50-28-14-27-49(52(48)50)55-57-53(41-20-8-3-9-21-41)56-54(58-55)47-26-13-22-40-19-10-11-25-46(40)47/h1-36,53H,(H,56,57,58). The van der Waals surface area contributed by atoms with Crippen LogP contribution in [-0.2, 0) is 0 Å². The van der Waals surface area contributed by atoms with Crippen LogP contribution in [-0.4, -0.2) is 11.7 Å². The first-order valence-corrected chi connectivity index (χ1v) is 21.1. The van der Waals surface area contributed by atoms with Crippen LogP contribution in [0.2, 0.25) is 0 Å². The Bertz CT molecular complexity index is 3220. The van der Waals surface area contributed by atoms with Gasteiger partial charge < -0.3 is 10.2 Å². The Kier molecular flexibility index (Phi) is 9.06. The van der Waals surface area contributed by atoms with Gasteiger partial charge in [0.1, 0.15) is 12.0 Å². The van der Waals surface area contributed by atoms with E-state index in [9.17, 15) is 0 Å². The number of rotatable bonds is 8. The molecule has 9 aromatic carbocycles. The Morgan fingerprint density at radius 3 is 1.83 bits per heavy atom. The van der Waals surface area contributed by atoms with Crippen molar-refractivity contribution in [2.24, 2.45) is 9.98 Å². The van der Waals surface area contributed by atoms with Gasteiger partial charge in [0.2, 0.25) is 0 Å². The monoisotopic (exact) mass is 786 g/mol. The van der Waals surface area contributed by atoms with E-state index < -0.39 is 0 Å². The normalized spacial score (nSPS) is 13.8. The molecule has 11 rings (SSSR count). The van der Waals surface area contributed by atoms with Gasteiger partial charge in [-0.25, -0.2) is 9.98 Å². The summed E-state index contributed by atoms with van der Waals surface area (Å²) in [6, 6.07) is 77.6. The molecule has 284 valence electrons. The van der Waals surface area contributed by atoms with E-state index in [1.165, 1.54) is 47.8 Å². The Morgan fingerprint density at radius 1 is 0.433 bits per heavy atom. The van der Waals surface area contributed by atoms with E-state index in [-0.39, 0.29) is 6.17 Å². The van der Waals surface area contributed by atoms with Crippen molar-refractivity contribution in [1.29, 1.82) is 0 Å². The lowest BCUT2D eigenvalue weighted by Crippen LogP contribution is -2.33. The molecule has 2 heterocycles. The zero-order chi connectivity index (χ0) is 39.8. The van der Waals surface area contributed by atoms with Crippen molar-refractivity contribution in [3.63, 3.8) is 0 Å². The van der Waals surface area contributed by atoms with Crippen molar-refractivity contribution in [2.45, 2.75) is 6.17 Å². The van der Waals surface area contributed by atoms with Crippen LogP contribution in [0.5, 0.6) is 0 Å². The van der Waals surface area contributed by atoms with Gasteiger partial charge in [0, 0.05) is 48.4 Å². The number of nitrogens with zero attached hydrogens (tertiary/aromatic N) is 3. The third-order valence-corrected chi connectivity index (χ3v) is 12.4. The molecular formula is C55H38N4S. The predicted molar refractivity (Wildman–Crippen MR) is 254 cm³/mol. The minimum absolute atomic E-state index is 0.298. The average Bonchev–Trinajstić information content (AvgIpc) is 3.71. The molecule has 4 nitrogen and oxygen atoms in total. The smallest absolute Gasteiger partial charge is 0.160 e. The first-order valence-electron chi connectivity index (χ1n) is 20.3. The molecule has 0 aliphatic carbocycles. The molecule has 60 heavy (non-hydrogen) atoms. The summed E-state index contributed by atoms with van der Waals surface area (Å²) in [6.45, 7) is 0. The molecule has 1 atom stereocenters. The fraction of sp³-hybridized carbons (Fsp3) is 0.0182. The predicted octanol–water partition coefficient (Wildman–Crippen LogP) is 14.5. The van der Waals surface area contributed by atoms with Gasteiger partial charge in [-0.05, 0) is 81.1 Å². The van der Waals surface area contributed by atoms with Gasteiger partial charge in [-0.1, -0.05) is 176 Å². The minimum atomic E-state index is -0.298. The van der Waals surface area contributed by atoms with Gasteiger partial charge in [-0.15, -0.1) is 11.3 Å². The number of fused-ring (bicyclic) bond motifs is 4. The third kappa shape index (κ3) is 6.61. The zero-order valence-corrected chi connectivity index (χ0v) is 33.4. The van der Waals surface area contributed by atoms with Gasteiger partial charge in [-0.2, -0.15) is 0 Å². The maximum absolute atomic E-state index is 5.32. The number of amidine groups is 2. The molecule has 1 unspecified atom stereocenters. The molecule has 1 N–H and O–H groups in total. The average molecular weight is 787 g/mol. The van der Waals surface area contributed by atoms with Crippen LogP contribution < -0.4 is 10.2 Å². The molecule has 1 aliphatic rings. The fourth-order valence-electron chi connectivity index (χ4n) is 8.42. The first-order chi connectivity index (χ1) is 29.7.